The lowest BCUT2D eigenvalue weighted by atomic mass is 10.0. The second-order valence-corrected chi connectivity index (χ2v) is 9.32. The summed E-state index contributed by atoms with van der Waals surface area (Å²) < 4.78 is 5.77. The number of para-hydroxylation sites is 1. The molecule has 0 aromatic heterocycles. The standard InChI is InChI=1S/C29H31ClN2O3/c30-26-18-10-7-13-23(26)20-32(28(33)21-35-25-16-5-2-6-17-25)27(19-22-11-3-1-4-12-22)29(34)31-24-14-8-9-15-24/h1-7,10-13,16-18,24,27H,8-9,14-15,19-21H2,(H,31,34). The summed E-state index contributed by atoms with van der Waals surface area (Å²) in [5.74, 6) is 0.200. The Labute approximate surface area is 212 Å². The van der Waals surface area contributed by atoms with Crippen molar-refractivity contribution in [2.45, 2.75) is 50.7 Å². The van der Waals surface area contributed by atoms with Gasteiger partial charge in [0.05, 0.1) is 0 Å². The Balaban J connectivity index is 1.61. The molecule has 35 heavy (non-hydrogen) atoms. The highest BCUT2D eigenvalue weighted by atomic mass is 35.5. The summed E-state index contributed by atoms with van der Waals surface area (Å²) in [5, 5.41) is 3.76. The highest BCUT2D eigenvalue weighted by molar-refractivity contribution is 6.31. The number of hydrogen-bond acceptors (Lipinski definition) is 3. The Bertz CT molecular complexity index is 1100. The summed E-state index contributed by atoms with van der Waals surface area (Å²) in [6.45, 7) is 0.0444. The van der Waals surface area contributed by atoms with E-state index in [9.17, 15) is 9.59 Å². The van der Waals surface area contributed by atoms with Crippen LogP contribution in [-0.4, -0.2) is 35.4 Å². The first-order valence-corrected chi connectivity index (χ1v) is 12.5. The highest BCUT2D eigenvalue weighted by Gasteiger charge is 2.32. The van der Waals surface area contributed by atoms with Gasteiger partial charge in [0.15, 0.2) is 6.61 Å². The molecule has 0 bridgehead atoms. The van der Waals surface area contributed by atoms with Crippen LogP contribution in [0.1, 0.15) is 36.8 Å². The first-order chi connectivity index (χ1) is 17.1. The number of nitrogens with zero attached hydrogens (tertiary/aromatic N) is 1. The van der Waals surface area contributed by atoms with Crippen LogP contribution in [0.2, 0.25) is 5.02 Å². The van der Waals surface area contributed by atoms with Gasteiger partial charge in [0.25, 0.3) is 5.91 Å². The molecule has 4 rings (SSSR count). The third kappa shape index (κ3) is 7.09. The minimum absolute atomic E-state index is 0.138. The molecule has 6 heteroatoms. The maximum atomic E-state index is 13.6. The fraction of sp³-hybridized carbons (Fsp3) is 0.310. The predicted octanol–water partition coefficient (Wildman–Crippen LogP) is 5.42. The number of hydrogen-bond donors (Lipinski definition) is 1. The zero-order chi connectivity index (χ0) is 24.5. The van der Waals surface area contributed by atoms with Crippen LogP contribution >= 0.6 is 11.6 Å². The van der Waals surface area contributed by atoms with Gasteiger partial charge in [-0.15, -0.1) is 0 Å². The Morgan fingerprint density at radius 2 is 1.54 bits per heavy atom. The molecular weight excluding hydrogens is 460 g/mol. The van der Waals surface area contributed by atoms with Crippen LogP contribution in [0.3, 0.4) is 0 Å². The number of carbonyl (C=O) groups is 2. The summed E-state index contributed by atoms with van der Waals surface area (Å²) in [5.41, 5.74) is 1.77. The number of halogens is 1. The van der Waals surface area contributed by atoms with Crippen LogP contribution in [0.25, 0.3) is 0 Å². The van der Waals surface area contributed by atoms with Crippen molar-refractivity contribution in [3.63, 3.8) is 0 Å². The largest absolute Gasteiger partial charge is 0.484 e. The van der Waals surface area contributed by atoms with Gasteiger partial charge in [-0.2, -0.15) is 0 Å². The van der Waals surface area contributed by atoms with Crippen LogP contribution in [0.4, 0.5) is 0 Å². The van der Waals surface area contributed by atoms with Crippen molar-refractivity contribution in [3.05, 3.63) is 101 Å². The summed E-state index contributed by atoms with van der Waals surface area (Å²) in [6, 6.07) is 25.9. The summed E-state index contributed by atoms with van der Waals surface area (Å²) in [4.78, 5) is 28.8. The van der Waals surface area contributed by atoms with Crippen LogP contribution < -0.4 is 10.1 Å². The van der Waals surface area contributed by atoms with Crippen LogP contribution in [-0.2, 0) is 22.6 Å². The Hall–Kier alpha value is -3.31. The van der Waals surface area contributed by atoms with Gasteiger partial charge in [-0.3, -0.25) is 9.59 Å². The number of rotatable bonds is 10. The normalized spacial score (nSPS) is 14.3. The Morgan fingerprint density at radius 3 is 2.23 bits per heavy atom. The van der Waals surface area contributed by atoms with Crippen LogP contribution in [0, 0.1) is 0 Å². The molecule has 182 valence electrons. The molecule has 1 N–H and O–H groups in total. The third-order valence-corrected chi connectivity index (χ3v) is 6.75. The lowest BCUT2D eigenvalue weighted by Gasteiger charge is -2.32. The van der Waals surface area contributed by atoms with Gasteiger partial charge >= 0.3 is 0 Å². The smallest absolute Gasteiger partial charge is 0.261 e. The average molecular weight is 491 g/mol. The van der Waals surface area contributed by atoms with Gasteiger partial charge in [0, 0.05) is 24.0 Å². The van der Waals surface area contributed by atoms with Gasteiger partial charge in [-0.25, -0.2) is 0 Å². The van der Waals surface area contributed by atoms with Crippen molar-refractivity contribution in [3.8, 4) is 5.75 Å². The van der Waals surface area contributed by atoms with E-state index < -0.39 is 6.04 Å². The molecule has 5 nitrogen and oxygen atoms in total. The number of amides is 2. The van der Waals surface area contributed by atoms with Crippen LogP contribution in [0.15, 0.2) is 84.9 Å². The van der Waals surface area contributed by atoms with Crippen molar-refractivity contribution in [2.75, 3.05) is 6.61 Å². The maximum absolute atomic E-state index is 13.6. The number of benzene rings is 3. The average Bonchev–Trinajstić information content (AvgIpc) is 3.40. The number of ether oxygens (including phenoxy) is 1. The van der Waals surface area contributed by atoms with E-state index in [-0.39, 0.29) is 31.0 Å². The molecule has 0 heterocycles. The van der Waals surface area contributed by atoms with E-state index >= 15 is 0 Å². The molecule has 0 saturated heterocycles. The van der Waals surface area contributed by atoms with E-state index in [1.165, 1.54) is 0 Å². The van der Waals surface area contributed by atoms with Crippen molar-refractivity contribution in [1.29, 1.82) is 0 Å². The topological polar surface area (TPSA) is 58.6 Å². The minimum Gasteiger partial charge on any atom is -0.484 e. The molecule has 1 unspecified atom stereocenters. The van der Waals surface area contributed by atoms with Crippen molar-refractivity contribution < 1.29 is 14.3 Å². The lowest BCUT2D eigenvalue weighted by Crippen LogP contribution is -2.53. The lowest BCUT2D eigenvalue weighted by molar-refractivity contribution is -0.143. The molecule has 1 fully saturated rings. The van der Waals surface area contributed by atoms with E-state index in [0.29, 0.717) is 17.2 Å². The van der Waals surface area contributed by atoms with E-state index in [4.69, 9.17) is 16.3 Å². The van der Waals surface area contributed by atoms with E-state index in [1.807, 2.05) is 66.7 Å². The van der Waals surface area contributed by atoms with Gasteiger partial charge in [-0.1, -0.05) is 91.2 Å². The van der Waals surface area contributed by atoms with E-state index in [2.05, 4.69) is 5.32 Å². The minimum atomic E-state index is -0.693. The quantitative estimate of drug-likeness (QED) is 0.413. The van der Waals surface area contributed by atoms with Gasteiger partial charge in [-0.05, 0) is 42.2 Å². The first kappa shape index (κ1) is 24.8. The maximum Gasteiger partial charge on any atom is 0.261 e. The molecule has 2 amide bonds. The zero-order valence-electron chi connectivity index (χ0n) is 19.7. The molecule has 0 spiro atoms. The fourth-order valence-corrected chi connectivity index (χ4v) is 4.67. The van der Waals surface area contributed by atoms with Crippen molar-refractivity contribution in [1.82, 2.24) is 10.2 Å². The SMILES string of the molecule is O=C(NC1CCCC1)C(Cc1ccccc1)N(Cc1ccccc1Cl)C(=O)COc1ccccc1. The Morgan fingerprint density at radius 1 is 0.914 bits per heavy atom. The van der Waals surface area contributed by atoms with Crippen LogP contribution in [0.5, 0.6) is 5.75 Å². The summed E-state index contributed by atoms with van der Waals surface area (Å²) in [6.07, 6.45) is 4.57. The molecule has 0 radical (unpaired) electrons. The molecular formula is C29H31ClN2O3. The molecule has 1 aliphatic carbocycles. The second-order valence-electron chi connectivity index (χ2n) is 8.91. The third-order valence-electron chi connectivity index (χ3n) is 6.38. The predicted molar refractivity (Wildman–Crippen MR) is 138 cm³/mol. The van der Waals surface area contributed by atoms with E-state index in [1.54, 1.807) is 23.1 Å². The van der Waals surface area contributed by atoms with Gasteiger partial charge in [0.1, 0.15) is 11.8 Å². The summed E-state index contributed by atoms with van der Waals surface area (Å²) >= 11 is 6.46. The second kappa shape index (κ2) is 12.4. The molecule has 1 saturated carbocycles. The van der Waals surface area contributed by atoms with Gasteiger partial charge < -0.3 is 15.0 Å². The number of carbonyl (C=O) groups excluding carboxylic acids is 2. The molecule has 1 aliphatic rings. The summed E-state index contributed by atoms with van der Waals surface area (Å²) in [7, 11) is 0. The number of nitrogens with one attached hydrogen (secondary N) is 1. The van der Waals surface area contributed by atoms with Crippen molar-refractivity contribution in [2.24, 2.45) is 0 Å². The monoisotopic (exact) mass is 490 g/mol. The fourth-order valence-electron chi connectivity index (χ4n) is 4.48. The first-order valence-electron chi connectivity index (χ1n) is 12.1. The van der Waals surface area contributed by atoms with E-state index in [0.717, 1.165) is 36.8 Å². The molecule has 3 aromatic carbocycles. The Kier molecular flexibility index (Phi) is 8.79. The van der Waals surface area contributed by atoms with Gasteiger partial charge in [0.2, 0.25) is 5.91 Å². The molecule has 1 atom stereocenters. The van der Waals surface area contributed by atoms with Crippen molar-refractivity contribution >= 4 is 23.4 Å². The zero-order valence-corrected chi connectivity index (χ0v) is 20.5. The highest BCUT2D eigenvalue weighted by Crippen LogP contribution is 2.22. The molecule has 3 aromatic rings. The molecule has 0 aliphatic heterocycles.